The minimum absolute atomic E-state index is 0.135. The van der Waals surface area contributed by atoms with Crippen LogP contribution in [0.15, 0.2) is 42.5 Å². The Balaban J connectivity index is 1.80. The summed E-state index contributed by atoms with van der Waals surface area (Å²) in [5.74, 6) is 1.99. The van der Waals surface area contributed by atoms with E-state index in [9.17, 15) is 10.4 Å². The van der Waals surface area contributed by atoms with Gasteiger partial charge in [0.15, 0.2) is 0 Å². The van der Waals surface area contributed by atoms with E-state index in [1.165, 1.54) is 18.4 Å². The van der Waals surface area contributed by atoms with Gasteiger partial charge in [0.05, 0.1) is 39.9 Å². The number of hydrogen-bond acceptors (Lipinski definition) is 5. The van der Waals surface area contributed by atoms with E-state index in [1.807, 2.05) is 18.2 Å². The predicted octanol–water partition coefficient (Wildman–Crippen LogP) is 4.58. The minimum atomic E-state index is -0.642. The summed E-state index contributed by atoms with van der Waals surface area (Å²) in [5.41, 5.74) is 1.65. The number of rotatable bonds is 15. The molecule has 1 N–H and O–H groups in total. The molecular formula is C27H39N2O4+. The summed E-state index contributed by atoms with van der Waals surface area (Å²) in [4.78, 5) is 0. The van der Waals surface area contributed by atoms with Crippen LogP contribution in [0.5, 0.6) is 17.2 Å². The second-order valence-electron chi connectivity index (χ2n) is 9.08. The smallest absolute Gasteiger partial charge is 0.137 e. The molecule has 1 atom stereocenters. The molecule has 2 rings (SSSR count). The molecule has 0 aliphatic carbocycles. The van der Waals surface area contributed by atoms with Crippen molar-refractivity contribution in [3.8, 4) is 23.3 Å². The molecule has 6 heteroatoms. The van der Waals surface area contributed by atoms with Crippen molar-refractivity contribution in [3.05, 3.63) is 53.6 Å². The molecule has 0 aromatic heterocycles. The first-order valence-corrected chi connectivity index (χ1v) is 11.8. The largest absolute Gasteiger partial charge is 0.497 e. The minimum Gasteiger partial charge on any atom is -0.497 e. The topological polar surface area (TPSA) is 71.7 Å². The maximum Gasteiger partial charge on any atom is 0.137 e. The van der Waals surface area contributed by atoms with Crippen LogP contribution >= 0.6 is 0 Å². The number of methoxy groups -OCH3 is 1. The number of benzene rings is 2. The van der Waals surface area contributed by atoms with E-state index in [1.54, 1.807) is 19.2 Å². The Morgan fingerprint density at radius 2 is 1.73 bits per heavy atom. The van der Waals surface area contributed by atoms with Gasteiger partial charge < -0.3 is 23.8 Å². The molecule has 2 aromatic carbocycles. The molecule has 0 aliphatic rings. The third-order valence-electron chi connectivity index (χ3n) is 5.64. The van der Waals surface area contributed by atoms with Crippen molar-refractivity contribution in [2.45, 2.75) is 45.1 Å². The van der Waals surface area contributed by atoms with Crippen LogP contribution in [0.2, 0.25) is 0 Å². The molecule has 6 nitrogen and oxygen atoms in total. The van der Waals surface area contributed by atoms with Gasteiger partial charge in [-0.05, 0) is 36.2 Å². The summed E-state index contributed by atoms with van der Waals surface area (Å²) >= 11 is 0. The van der Waals surface area contributed by atoms with Crippen LogP contribution in [0.3, 0.4) is 0 Å². The van der Waals surface area contributed by atoms with Crippen molar-refractivity contribution >= 4 is 0 Å². The third-order valence-corrected chi connectivity index (χ3v) is 5.64. The monoisotopic (exact) mass is 455 g/mol. The zero-order valence-electron chi connectivity index (χ0n) is 20.5. The van der Waals surface area contributed by atoms with Gasteiger partial charge in [0.1, 0.15) is 42.6 Å². The lowest BCUT2D eigenvalue weighted by molar-refractivity contribution is -0.893. The van der Waals surface area contributed by atoms with Crippen molar-refractivity contribution in [1.82, 2.24) is 0 Å². The Morgan fingerprint density at radius 3 is 2.39 bits per heavy atom. The zero-order chi connectivity index (χ0) is 24.1. The Kier molecular flexibility index (Phi) is 11.0. The number of aliphatic hydroxyl groups excluding tert-OH is 1. The number of nitriles is 1. The number of ether oxygens (including phenoxy) is 3. The summed E-state index contributed by atoms with van der Waals surface area (Å²) in [6.45, 7) is 4.40. The summed E-state index contributed by atoms with van der Waals surface area (Å²) in [6, 6.07) is 15.5. The average Bonchev–Trinajstić information content (AvgIpc) is 2.81. The van der Waals surface area contributed by atoms with Gasteiger partial charge in [-0.1, -0.05) is 38.3 Å². The van der Waals surface area contributed by atoms with Crippen molar-refractivity contribution in [3.63, 3.8) is 0 Å². The van der Waals surface area contributed by atoms with Gasteiger partial charge in [-0.15, -0.1) is 0 Å². The summed E-state index contributed by atoms with van der Waals surface area (Å²) in [6.07, 6.45) is 4.82. The van der Waals surface area contributed by atoms with Gasteiger partial charge in [0.25, 0.3) is 0 Å². The fraction of sp³-hybridized carbons (Fsp3) is 0.519. The number of hydrogen-bond donors (Lipinski definition) is 1. The fourth-order valence-corrected chi connectivity index (χ4v) is 3.66. The highest BCUT2D eigenvalue weighted by atomic mass is 16.5. The molecule has 0 radical (unpaired) electrons. The van der Waals surface area contributed by atoms with E-state index in [0.29, 0.717) is 34.7 Å². The maximum absolute atomic E-state index is 10.6. The summed E-state index contributed by atoms with van der Waals surface area (Å²) in [7, 11) is 5.86. The first kappa shape index (κ1) is 26.5. The van der Waals surface area contributed by atoms with Crippen molar-refractivity contribution in [1.29, 1.82) is 5.26 Å². The highest BCUT2D eigenvalue weighted by Gasteiger charge is 2.21. The molecule has 0 aliphatic heterocycles. The molecule has 33 heavy (non-hydrogen) atoms. The Hall–Kier alpha value is -2.75. The molecule has 0 unspecified atom stereocenters. The lowest BCUT2D eigenvalue weighted by Gasteiger charge is -2.32. The quantitative estimate of drug-likeness (QED) is 0.314. The van der Waals surface area contributed by atoms with E-state index in [-0.39, 0.29) is 6.61 Å². The molecule has 180 valence electrons. The maximum atomic E-state index is 10.6. The van der Waals surface area contributed by atoms with Crippen LogP contribution < -0.4 is 14.2 Å². The molecule has 2 aromatic rings. The Morgan fingerprint density at radius 1 is 1.00 bits per heavy atom. The molecular weight excluding hydrogens is 416 g/mol. The van der Waals surface area contributed by atoms with Gasteiger partial charge in [0.2, 0.25) is 0 Å². The molecule has 0 bridgehead atoms. The van der Waals surface area contributed by atoms with E-state index in [2.05, 4.69) is 39.2 Å². The third kappa shape index (κ3) is 9.73. The Labute approximate surface area is 198 Å². The summed E-state index contributed by atoms with van der Waals surface area (Å²) < 4.78 is 17.4. The summed E-state index contributed by atoms with van der Waals surface area (Å²) in [5, 5.41) is 20.0. The van der Waals surface area contributed by atoms with Gasteiger partial charge in [0, 0.05) is 12.5 Å². The first-order chi connectivity index (χ1) is 15.9. The highest BCUT2D eigenvalue weighted by molar-refractivity contribution is 5.47. The van der Waals surface area contributed by atoms with Gasteiger partial charge >= 0.3 is 0 Å². The molecule has 0 fully saturated rings. The van der Waals surface area contributed by atoms with Crippen molar-refractivity contribution < 1.29 is 23.8 Å². The van der Waals surface area contributed by atoms with Crippen LogP contribution in [-0.4, -0.2) is 63.2 Å². The first-order valence-electron chi connectivity index (χ1n) is 11.8. The van der Waals surface area contributed by atoms with Gasteiger partial charge in [-0.2, -0.15) is 5.26 Å². The van der Waals surface area contributed by atoms with Crippen LogP contribution in [0.1, 0.15) is 43.7 Å². The Bertz CT molecular complexity index is 875. The average molecular weight is 456 g/mol. The number of unbranched alkanes of at least 4 members (excludes halogenated alkanes) is 3. The van der Waals surface area contributed by atoms with E-state index < -0.39 is 6.10 Å². The number of likely N-dealkylation sites (N-methyl/N-ethyl adjacent to an activating group) is 1. The number of aliphatic hydroxyl groups is 1. The van der Waals surface area contributed by atoms with E-state index in [0.717, 1.165) is 31.6 Å². The van der Waals surface area contributed by atoms with Crippen molar-refractivity contribution in [2.75, 3.05) is 47.5 Å². The standard InChI is InChI=1S/C27H39N2O4/c1-5-6-7-8-17-32-26-13-14-27(23(18-26)19-28)33-21-24(30)20-29(2,3)16-15-22-9-11-25(31-4)12-10-22/h9-14,18,24,30H,5-8,15-17,20-21H2,1-4H3/q+1/t24-/m0/s1. The lowest BCUT2D eigenvalue weighted by Crippen LogP contribution is -2.48. The molecule has 0 saturated carbocycles. The van der Waals surface area contributed by atoms with Gasteiger partial charge in [-0.25, -0.2) is 0 Å². The second kappa shape index (κ2) is 13.7. The highest BCUT2D eigenvalue weighted by Crippen LogP contribution is 2.24. The van der Waals surface area contributed by atoms with Crippen LogP contribution in [-0.2, 0) is 6.42 Å². The number of quaternary nitrogens is 1. The van der Waals surface area contributed by atoms with Crippen LogP contribution in [0, 0.1) is 11.3 Å². The van der Waals surface area contributed by atoms with Crippen molar-refractivity contribution in [2.24, 2.45) is 0 Å². The van der Waals surface area contributed by atoms with Crippen LogP contribution in [0.25, 0.3) is 0 Å². The second-order valence-corrected chi connectivity index (χ2v) is 9.08. The fourth-order valence-electron chi connectivity index (χ4n) is 3.66. The normalized spacial score (nSPS) is 12.1. The molecule has 0 saturated heterocycles. The number of nitrogens with zero attached hydrogens (tertiary/aromatic N) is 2. The molecule has 0 heterocycles. The lowest BCUT2D eigenvalue weighted by atomic mass is 10.1. The zero-order valence-corrected chi connectivity index (χ0v) is 20.5. The molecule has 0 amide bonds. The van der Waals surface area contributed by atoms with E-state index in [4.69, 9.17) is 14.2 Å². The van der Waals surface area contributed by atoms with Crippen LogP contribution in [0.4, 0.5) is 0 Å². The van der Waals surface area contributed by atoms with Gasteiger partial charge in [-0.3, -0.25) is 0 Å². The SMILES string of the molecule is CCCCCCOc1ccc(OC[C@@H](O)C[N+](C)(C)CCc2ccc(OC)cc2)c(C#N)c1. The predicted molar refractivity (Wildman–Crippen MR) is 131 cm³/mol. The van der Waals surface area contributed by atoms with E-state index >= 15 is 0 Å². The molecule has 0 spiro atoms.